The number of ketones is 1. The van der Waals surface area contributed by atoms with Gasteiger partial charge in [-0.2, -0.15) is 0 Å². The van der Waals surface area contributed by atoms with Crippen LogP contribution in [0.25, 0.3) is 0 Å². The minimum atomic E-state index is -1.96. The lowest BCUT2D eigenvalue weighted by molar-refractivity contribution is -0.353. The quantitative estimate of drug-likeness (QED) is 0.199. The number of aliphatic carboxylic acids is 1. The molecule has 0 aromatic rings. The molecule has 1 atom stereocenters. The average molecular weight is 170 g/mol. The monoisotopic (exact) mass is 170 g/mol. The smallest absolute Gasteiger partial charge is 0.165 e. The van der Waals surface area contributed by atoms with Gasteiger partial charge in [-0.05, 0) is 13.0 Å². The molecule has 0 aromatic heterocycles. The summed E-state index contributed by atoms with van der Waals surface area (Å²) >= 11 is 0. The minimum absolute atomic E-state index is 0.321. The van der Waals surface area contributed by atoms with Gasteiger partial charge in [-0.15, -0.1) is 0 Å². The van der Waals surface area contributed by atoms with Crippen molar-refractivity contribution in [3.8, 4) is 0 Å². The van der Waals surface area contributed by atoms with Gasteiger partial charge in [0.05, 0.1) is 11.9 Å². The zero-order valence-electron chi connectivity index (χ0n) is 6.27. The van der Waals surface area contributed by atoms with Crippen LogP contribution >= 0.6 is 0 Å². The molecule has 0 aliphatic rings. The molecule has 0 N–H and O–H groups in total. The zero-order valence-corrected chi connectivity index (χ0v) is 6.27. The zero-order chi connectivity index (χ0) is 9.72. The summed E-state index contributed by atoms with van der Waals surface area (Å²) in [4.78, 5) is 30.5. The van der Waals surface area contributed by atoms with E-state index in [-0.39, 0.29) is 0 Å². The highest BCUT2D eigenvalue weighted by Gasteiger charge is 2.07. The molecule has 0 aliphatic carbocycles. The highest BCUT2D eigenvalue weighted by atomic mass is 16.4. The normalized spacial score (nSPS) is 13.6. The van der Waals surface area contributed by atoms with Crippen LogP contribution in [0.1, 0.15) is 6.92 Å². The number of carboxylic acids is 1. The first-order valence-electron chi connectivity index (χ1n) is 3.08. The van der Waals surface area contributed by atoms with E-state index < -0.39 is 23.4 Å². The molecule has 0 saturated carbocycles. The highest BCUT2D eigenvalue weighted by molar-refractivity contribution is 6.03. The SMILES string of the molecule is CC(C=O)C(=O)/C=C(\[O-])C(=O)[O-]. The van der Waals surface area contributed by atoms with Gasteiger partial charge >= 0.3 is 0 Å². The molecule has 0 spiro atoms. The van der Waals surface area contributed by atoms with Crippen LogP contribution in [-0.2, 0) is 14.4 Å². The molecule has 0 aliphatic heterocycles. The van der Waals surface area contributed by atoms with Crippen molar-refractivity contribution in [3.63, 3.8) is 0 Å². The van der Waals surface area contributed by atoms with Crippen LogP contribution in [0.15, 0.2) is 11.8 Å². The molecule has 0 aromatic carbocycles. The summed E-state index contributed by atoms with van der Waals surface area (Å²) < 4.78 is 0. The standard InChI is InChI=1S/C7H8O5/c1-4(3-8)5(9)2-6(10)7(11)12/h2-4,10H,1H3,(H,11,12)/p-2/b6-2-. The van der Waals surface area contributed by atoms with Crippen LogP contribution in [0.3, 0.4) is 0 Å². The minimum Gasteiger partial charge on any atom is -0.871 e. The van der Waals surface area contributed by atoms with Gasteiger partial charge in [-0.1, -0.05) is 5.76 Å². The van der Waals surface area contributed by atoms with Crippen molar-refractivity contribution in [2.45, 2.75) is 6.92 Å². The maximum atomic E-state index is 10.7. The molecule has 0 fully saturated rings. The molecule has 0 heterocycles. The highest BCUT2D eigenvalue weighted by Crippen LogP contribution is 1.94. The number of rotatable bonds is 4. The topological polar surface area (TPSA) is 97.3 Å². The largest absolute Gasteiger partial charge is 0.871 e. The van der Waals surface area contributed by atoms with E-state index >= 15 is 0 Å². The third-order valence-electron chi connectivity index (χ3n) is 1.13. The lowest BCUT2D eigenvalue weighted by Gasteiger charge is -2.11. The molecule has 0 radical (unpaired) electrons. The van der Waals surface area contributed by atoms with Crippen molar-refractivity contribution >= 4 is 18.0 Å². The fraction of sp³-hybridized carbons (Fsp3) is 0.286. The second kappa shape index (κ2) is 4.27. The van der Waals surface area contributed by atoms with Gasteiger partial charge in [0.25, 0.3) is 0 Å². The van der Waals surface area contributed by atoms with Crippen LogP contribution < -0.4 is 10.2 Å². The Morgan fingerprint density at radius 1 is 1.33 bits per heavy atom. The van der Waals surface area contributed by atoms with E-state index in [1.807, 2.05) is 0 Å². The van der Waals surface area contributed by atoms with E-state index in [2.05, 4.69) is 0 Å². The van der Waals surface area contributed by atoms with Gasteiger partial charge in [0.15, 0.2) is 5.78 Å². The Hall–Kier alpha value is -1.65. The summed E-state index contributed by atoms with van der Waals surface area (Å²) in [5, 5.41) is 20.1. The molecule has 0 rings (SSSR count). The average Bonchev–Trinajstić information content (AvgIpc) is 2.02. The van der Waals surface area contributed by atoms with Gasteiger partial charge in [-0.25, -0.2) is 0 Å². The Morgan fingerprint density at radius 3 is 2.17 bits per heavy atom. The van der Waals surface area contributed by atoms with Gasteiger partial charge in [0.2, 0.25) is 0 Å². The van der Waals surface area contributed by atoms with Crippen molar-refractivity contribution in [1.29, 1.82) is 0 Å². The van der Waals surface area contributed by atoms with Crippen molar-refractivity contribution in [2.75, 3.05) is 0 Å². The van der Waals surface area contributed by atoms with Gasteiger partial charge in [0.1, 0.15) is 6.29 Å². The van der Waals surface area contributed by atoms with Crippen LogP contribution in [0, 0.1) is 5.92 Å². The van der Waals surface area contributed by atoms with E-state index in [0.29, 0.717) is 12.4 Å². The Bertz CT molecular complexity index is 240. The van der Waals surface area contributed by atoms with E-state index in [9.17, 15) is 24.6 Å². The molecule has 12 heavy (non-hydrogen) atoms. The first-order chi connectivity index (χ1) is 5.49. The summed E-state index contributed by atoms with van der Waals surface area (Å²) in [6.07, 6.45) is 0.662. The molecule has 0 amide bonds. The van der Waals surface area contributed by atoms with Gasteiger partial charge in [-0.3, -0.25) is 4.79 Å². The summed E-state index contributed by atoms with van der Waals surface area (Å²) in [5.41, 5.74) is 0. The van der Waals surface area contributed by atoms with E-state index in [0.717, 1.165) is 0 Å². The van der Waals surface area contributed by atoms with E-state index in [4.69, 9.17) is 0 Å². The predicted molar refractivity (Wildman–Crippen MR) is 33.3 cm³/mol. The lowest BCUT2D eigenvalue weighted by atomic mass is 10.1. The maximum Gasteiger partial charge on any atom is 0.165 e. The summed E-state index contributed by atoms with van der Waals surface area (Å²) in [6.45, 7) is 1.26. The second-order valence-electron chi connectivity index (χ2n) is 2.12. The van der Waals surface area contributed by atoms with Crippen molar-refractivity contribution in [3.05, 3.63) is 11.8 Å². The van der Waals surface area contributed by atoms with Crippen LogP contribution in [0.2, 0.25) is 0 Å². The first kappa shape index (κ1) is 10.3. The second-order valence-corrected chi connectivity index (χ2v) is 2.12. The van der Waals surface area contributed by atoms with E-state index in [1.54, 1.807) is 0 Å². The number of hydrogen-bond donors (Lipinski definition) is 0. The molecule has 0 saturated heterocycles. The summed E-state index contributed by atoms with van der Waals surface area (Å²) in [7, 11) is 0. The third-order valence-corrected chi connectivity index (χ3v) is 1.13. The van der Waals surface area contributed by atoms with Gasteiger partial charge in [0, 0.05) is 0 Å². The Labute approximate surface area is 68.3 Å². The Morgan fingerprint density at radius 2 is 1.83 bits per heavy atom. The fourth-order valence-corrected chi connectivity index (χ4v) is 0.387. The number of carbonyl (C=O) groups excluding carboxylic acids is 3. The maximum absolute atomic E-state index is 10.7. The van der Waals surface area contributed by atoms with Crippen LogP contribution in [0.4, 0.5) is 0 Å². The first-order valence-corrected chi connectivity index (χ1v) is 3.08. The third kappa shape index (κ3) is 2.96. The van der Waals surface area contributed by atoms with Gasteiger partial charge < -0.3 is 19.8 Å². The molecule has 5 nitrogen and oxygen atoms in total. The summed E-state index contributed by atoms with van der Waals surface area (Å²) in [6, 6.07) is 0. The van der Waals surface area contributed by atoms with E-state index in [1.165, 1.54) is 6.92 Å². The molecule has 66 valence electrons. The lowest BCUT2D eigenvalue weighted by Crippen LogP contribution is -2.31. The van der Waals surface area contributed by atoms with Crippen molar-refractivity contribution in [1.82, 2.24) is 0 Å². The van der Waals surface area contributed by atoms with Crippen molar-refractivity contribution in [2.24, 2.45) is 5.92 Å². The Balaban J connectivity index is 4.43. The Kier molecular flexibility index (Phi) is 3.69. The van der Waals surface area contributed by atoms with Crippen molar-refractivity contribution < 1.29 is 24.6 Å². The molecule has 1 unspecified atom stereocenters. The number of allylic oxidation sites excluding steroid dienone is 1. The fourth-order valence-electron chi connectivity index (χ4n) is 0.387. The van der Waals surface area contributed by atoms with Crippen LogP contribution in [0.5, 0.6) is 0 Å². The molecule has 0 bridgehead atoms. The predicted octanol–water partition coefficient (Wildman–Crippen LogP) is -2.62. The number of carboxylic acid groups (broad SMARTS) is 1. The number of aldehydes is 1. The summed E-state index contributed by atoms with van der Waals surface area (Å²) in [5.74, 6) is -5.21. The molecular formula is C7H6O5-2. The molecular weight excluding hydrogens is 164 g/mol. The molecule has 5 heteroatoms. The number of hydrogen-bond acceptors (Lipinski definition) is 5. The van der Waals surface area contributed by atoms with Crippen LogP contribution in [-0.4, -0.2) is 18.0 Å². The number of carbonyl (C=O) groups is 3.